The molecule has 0 spiro atoms. The highest BCUT2D eigenvalue weighted by Crippen LogP contribution is 2.39. The summed E-state index contributed by atoms with van der Waals surface area (Å²) < 4.78 is 43.5. The van der Waals surface area contributed by atoms with Gasteiger partial charge in [0.2, 0.25) is 0 Å². The summed E-state index contributed by atoms with van der Waals surface area (Å²) in [7, 11) is 0. The van der Waals surface area contributed by atoms with Gasteiger partial charge in [0, 0.05) is 5.69 Å². The largest absolute Gasteiger partial charge is 0.447 e. The highest BCUT2D eigenvalue weighted by atomic mass is 19.4. The monoisotopic (exact) mass is 300 g/mol. The van der Waals surface area contributed by atoms with Crippen LogP contribution >= 0.6 is 0 Å². The van der Waals surface area contributed by atoms with Gasteiger partial charge in [0.15, 0.2) is 5.69 Å². The Kier molecular flexibility index (Phi) is 3.78. The van der Waals surface area contributed by atoms with Gasteiger partial charge in [-0.1, -0.05) is 6.07 Å². The van der Waals surface area contributed by atoms with E-state index in [1.165, 1.54) is 13.0 Å². The molecule has 1 heterocycles. The molecule has 2 rings (SSSR count). The summed E-state index contributed by atoms with van der Waals surface area (Å²) in [6.45, 7) is 8.08. The van der Waals surface area contributed by atoms with E-state index in [1.54, 1.807) is 0 Å². The van der Waals surface area contributed by atoms with Gasteiger partial charge in [0.25, 0.3) is 0 Å². The molecule has 1 aliphatic heterocycles. The minimum atomic E-state index is -4.71. The average Bonchev–Trinajstić information content (AvgIpc) is 2.79. The number of hydrogen-bond donors (Lipinski definition) is 1. The van der Waals surface area contributed by atoms with E-state index in [0.29, 0.717) is 0 Å². The molecule has 1 aromatic rings. The van der Waals surface area contributed by atoms with Crippen LogP contribution in [0.5, 0.6) is 0 Å². The maximum Gasteiger partial charge on any atom is 0.414 e. The number of benzene rings is 1. The number of ether oxygens (including phenoxy) is 1. The summed E-state index contributed by atoms with van der Waals surface area (Å²) in [5.74, 6) is 0. The molecule has 1 aliphatic rings. The number of carbonyl (C=O) groups excluding carboxylic acids is 1. The minimum Gasteiger partial charge on any atom is -0.447 e. The number of rotatable bonds is 2. The molecule has 0 aromatic heterocycles. The smallest absolute Gasteiger partial charge is 0.414 e. The summed E-state index contributed by atoms with van der Waals surface area (Å²) in [6.07, 6.45) is -6.50. The van der Waals surface area contributed by atoms with Crippen LogP contribution < -0.4 is 4.90 Å². The van der Waals surface area contributed by atoms with Crippen molar-refractivity contribution in [2.24, 2.45) is 0 Å². The maximum absolute atomic E-state index is 12.9. The van der Waals surface area contributed by atoms with Crippen LogP contribution in [0.15, 0.2) is 18.2 Å². The number of aliphatic hydroxyl groups excluding tert-OH is 1. The first-order chi connectivity index (χ1) is 9.75. The van der Waals surface area contributed by atoms with E-state index in [1.807, 2.05) is 0 Å². The van der Waals surface area contributed by atoms with Crippen molar-refractivity contribution in [2.45, 2.75) is 25.2 Å². The van der Waals surface area contributed by atoms with Crippen molar-refractivity contribution in [2.75, 3.05) is 11.5 Å². The molecular weight excluding hydrogens is 289 g/mol. The molecule has 1 aromatic carbocycles. The number of cyclic esters (lactones) is 1. The Balaban J connectivity index is 2.50. The predicted octanol–water partition coefficient (Wildman–Crippen LogP) is 2.96. The molecule has 2 atom stereocenters. The summed E-state index contributed by atoms with van der Waals surface area (Å²) in [5.41, 5.74) is -1.74. The van der Waals surface area contributed by atoms with E-state index in [0.717, 1.165) is 17.0 Å². The molecule has 1 saturated heterocycles. The highest BCUT2D eigenvalue weighted by Gasteiger charge is 2.39. The van der Waals surface area contributed by atoms with Gasteiger partial charge >= 0.3 is 12.3 Å². The lowest BCUT2D eigenvalue weighted by Crippen LogP contribution is -2.41. The zero-order valence-electron chi connectivity index (χ0n) is 10.9. The van der Waals surface area contributed by atoms with E-state index in [9.17, 15) is 23.1 Å². The lowest BCUT2D eigenvalue weighted by atomic mass is 10.1. The minimum absolute atomic E-state index is 0.0666. The van der Waals surface area contributed by atoms with Crippen LogP contribution in [0.3, 0.4) is 0 Å². The Bertz CT molecular complexity index is 608. The second-order valence-electron chi connectivity index (χ2n) is 4.57. The van der Waals surface area contributed by atoms with Crippen LogP contribution in [0.4, 0.5) is 29.3 Å². The van der Waals surface area contributed by atoms with E-state index in [2.05, 4.69) is 4.85 Å². The number of nitrogens with zero attached hydrogens (tertiary/aromatic N) is 2. The summed E-state index contributed by atoms with van der Waals surface area (Å²) in [6, 6.07) is 2.17. The zero-order valence-corrected chi connectivity index (χ0v) is 10.9. The first kappa shape index (κ1) is 15.1. The Hall–Kier alpha value is -2.27. The molecule has 5 nitrogen and oxygen atoms in total. The summed E-state index contributed by atoms with van der Waals surface area (Å²) in [5, 5.41) is 9.59. The van der Waals surface area contributed by atoms with E-state index >= 15 is 0 Å². The number of anilines is 1. The van der Waals surface area contributed by atoms with Crippen molar-refractivity contribution in [3.05, 3.63) is 35.2 Å². The van der Waals surface area contributed by atoms with Crippen LogP contribution in [0, 0.1) is 6.57 Å². The molecule has 0 radical (unpaired) electrons. The van der Waals surface area contributed by atoms with E-state index in [4.69, 9.17) is 11.3 Å². The lowest BCUT2D eigenvalue weighted by molar-refractivity contribution is -0.136. The Morgan fingerprint density at radius 3 is 2.71 bits per heavy atom. The van der Waals surface area contributed by atoms with Crippen LogP contribution in [-0.2, 0) is 10.9 Å². The molecule has 0 aliphatic carbocycles. The van der Waals surface area contributed by atoms with Crippen molar-refractivity contribution in [3.63, 3.8) is 0 Å². The standard InChI is InChI=1S/C13H11F3N2O3/c1-7(19)11-6-21-12(20)18(11)8-3-4-10(17-2)9(5-8)13(14,15)16/h3-5,7,11,19H,6H2,1H3/t7-,11+/m0/s1. The van der Waals surface area contributed by atoms with Crippen molar-refractivity contribution in [3.8, 4) is 0 Å². The van der Waals surface area contributed by atoms with Crippen LogP contribution in [0.2, 0.25) is 0 Å². The number of carbonyl (C=O) groups is 1. The number of aliphatic hydroxyl groups is 1. The molecular formula is C13H11F3N2O3. The lowest BCUT2D eigenvalue weighted by Gasteiger charge is -2.24. The maximum atomic E-state index is 12.9. The van der Waals surface area contributed by atoms with Crippen molar-refractivity contribution < 1.29 is 27.8 Å². The first-order valence-corrected chi connectivity index (χ1v) is 5.98. The Labute approximate surface area is 118 Å². The second-order valence-corrected chi connectivity index (χ2v) is 4.57. The van der Waals surface area contributed by atoms with Gasteiger partial charge in [-0.05, 0) is 19.1 Å². The number of halogens is 3. The average molecular weight is 300 g/mol. The Morgan fingerprint density at radius 1 is 1.52 bits per heavy atom. The molecule has 0 bridgehead atoms. The van der Waals surface area contributed by atoms with Gasteiger partial charge in [0.05, 0.1) is 18.2 Å². The number of alkyl halides is 3. The molecule has 1 N–H and O–H groups in total. The SMILES string of the molecule is [C-]#[N+]c1ccc(N2C(=O)OC[C@@H]2[C@H](C)O)cc1C(F)(F)F. The Morgan fingerprint density at radius 2 is 2.19 bits per heavy atom. The van der Waals surface area contributed by atoms with Crippen molar-refractivity contribution in [1.29, 1.82) is 0 Å². The van der Waals surface area contributed by atoms with Crippen molar-refractivity contribution >= 4 is 17.5 Å². The number of hydrogen-bond acceptors (Lipinski definition) is 3. The molecule has 1 fully saturated rings. The fourth-order valence-electron chi connectivity index (χ4n) is 2.09. The second kappa shape index (κ2) is 5.26. The van der Waals surface area contributed by atoms with Crippen LogP contribution in [-0.4, -0.2) is 30.0 Å². The topological polar surface area (TPSA) is 54.1 Å². The van der Waals surface area contributed by atoms with E-state index < -0.39 is 35.7 Å². The summed E-state index contributed by atoms with van der Waals surface area (Å²) >= 11 is 0. The summed E-state index contributed by atoms with van der Waals surface area (Å²) in [4.78, 5) is 15.4. The fourth-order valence-corrected chi connectivity index (χ4v) is 2.09. The third-order valence-corrected chi connectivity index (χ3v) is 3.15. The van der Waals surface area contributed by atoms with E-state index in [-0.39, 0.29) is 12.3 Å². The van der Waals surface area contributed by atoms with Gasteiger partial charge in [-0.15, -0.1) is 0 Å². The van der Waals surface area contributed by atoms with Gasteiger partial charge in [-0.25, -0.2) is 9.64 Å². The predicted molar refractivity (Wildman–Crippen MR) is 67.0 cm³/mol. The van der Waals surface area contributed by atoms with Crippen LogP contribution in [0.1, 0.15) is 12.5 Å². The van der Waals surface area contributed by atoms with Crippen molar-refractivity contribution in [1.82, 2.24) is 0 Å². The quantitative estimate of drug-likeness (QED) is 0.854. The molecule has 8 heteroatoms. The van der Waals surface area contributed by atoms with Crippen LogP contribution in [0.25, 0.3) is 4.85 Å². The molecule has 21 heavy (non-hydrogen) atoms. The third-order valence-electron chi connectivity index (χ3n) is 3.15. The van der Waals surface area contributed by atoms with Gasteiger partial charge in [-0.3, -0.25) is 4.90 Å². The normalized spacial score (nSPS) is 20.1. The zero-order chi connectivity index (χ0) is 15.8. The first-order valence-electron chi connectivity index (χ1n) is 5.98. The molecule has 0 unspecified atom stereocenters. The molecule has 0 saturated carbocycles. The van der Waals surface area contributed by atoms with Gasteiger partial charge < -0.3 is 9.84 Å². The molecule has 1 amide bonds. The highest BCUT2D eigenvalue weighted by molar-refractivity contribution is 5.91. The van der Waals surface area contributed by atoms with Gasteiger partial charge in [-0.2, -0.15) is 13.2 Å². The third kappa shape index (κ3) is 2.78. The van der Waals surface area contributed by atoms with Gasteiger partial charge in [0.1, 0.15) is 12.6 Å². The number of amides is 1. The molecule has 112 valence electrons. The fraction of sp³-hybridized carbons (Fsp3) is 0.385.